The highest BCUT2D eigenvalue weighted by atomic mass is 32.1. The number of aryl methyl sites for hydroxylation is 1. The fourth-order valence-electron chi connectivity index (χ4n) is 2.25. The second kappa shape index (κ2) is 8.01. The molecule has 26 heavy (non-hydrogen) atoms. The highest BCUT2D eigenvalue weighted by Crippen LogP contribution is 2.28. The van der Waals surface area contributed by atoms with Crippen molar-refractivity contribution in [1.82, 2.24) is 14.8 Å². The number of rotatable bonds is 6. The molecule has 7 nitrogen and oxygen atoms in total. The third-order valence-electron chi connectivity index (χ3n) is 3.46. The first-order chi connectivity index (χ1) is 12.5. The van der Waals surface area contributed by atoms with E-state index in [0.29, 0.717) is 16.7 Å². The number of nitrogens with one attached hydrogen (secondary N) is 1. The van der Waals surface area contributed by atoms with E-state index in [1.807, 2.05) is 51.1 Å². The van der Waals surface area contributed by atoms with Crippen LogP contribution in [0.25, 0.3) is 11.3 Å². The lowest BCUT2D eigenvalue weighted by atomic mass is 10.1. The number of aromatic nitrogens is 2. The molecule has 0 saturated carbocycles. The molecule has 136 valence electrons. The number of carbonyl (C=O) groups excluding carboxylic acids is 1. The quantitative estimate of drug-likeness (QED) is 0.697. The molecule has 0 saturated heterocycles. The van der Waals surface area contributed by atoms with Gasteiger partial charge in [-0.2, -0.15) is 4.37 Å². The van der Waals surface area contributed by atoms with E-state index in [2.05, 4.69) is 14.8 Å². The zero-order chi connectivity index (χ0) is 18.5. The van der Waals surface area contributed by atoms with Gasteiger partial charge in [0.2, 0.25) is 10.9 Å². The average Bonchev–Trinajstić information content (AvgIpc) is 3.19. The molecule has 1 N–H and O–H groups in total. The maximum atomic E-state index is 11.6. The number of hydrogen-bond acceptors (Lipinski definition) is 7. The summed E-state index contributed by atoms with van der Waals surface area (Å²) in [5, 5.41) is 7.13. The number of nitrogens with zero attached hydrogens (tertiary/aromatic N) is 2. The minimum Gasteiger partial charge on any atom is -0.472 e. The summed E-state index contributed by atoms with van der Waals surface area (Å²) in [6.45, 7) is 5.80. The van der Waals surface area contributed by atoms with Crippen LogP contribution in [0.3, 0.4) is 0 Å². The van der Waals surface area contributed by atoms with E-state index < -0.39 is 6.09 Å². The monoisotopic (exact) mass is 373 g/mol. The third kappa shape index (κ3) is 4.40. The minimum atomic E-state index is -0.517. The Bertz CT molecular complexity index is 874. The Morgan fingerprint density at radius 2 is 2.08 bits per heavy atom. The van der Waals surface area contributed by atoms with Gasteiger partial charge in [0.25, 0.3) is 0 Å². The SMILES string of the molecule is Cc1onc(-c2ccccc2)c1COc1cc(OC(=O)NC(C)C)sn1. The second-order valence-corrected chi connectivity index (χ2v) is 6.66. The molecule has 0 spiro atoms. The Morgan fingerprint density at radius 3 is 2.81 bits per heavy atom. The predicted octanol–water partition coefficient (Wildman–Crippen LogP) is 4.18. The van der Waals surface area contributed by atoms with Crippen molar-refractivity contribution in [3.8, 4) is 22.2 Å². The van der Waals surface area contributed by atoms with E-state index in [1.54, 1.807) is 6.07 Å². The van der Waals surface area contributed by atoms with E-state index in [1.165, 1.54) is 0 Å². The Hall–Kier alpha value is -2.87. The Balaban J connectivity index is 1.65. The van der Waals surface area contributed by atoms with Gasteiger partial charge >= 0.3 is 6.09 Å². The van der Waals surface area contributed by atoms with Gasteiger partial charge in [0, 0.05) is 23.1 Å². The normalized spacial score (nSPS) is 10.8. The van der Waals surface area contributed by atoms with Crippen LogP contribution in [0.15, 0.2) is 40.9 Å². The molecule has 0 atom stereocenters. The first kappa shape index (κ1) is 17.9. The average molecular weight is 373 g/mol. The molecule has 0 unspecified atom stereocenters. The summed E-state index contributed by atoms with van der Waals surface area (Å²) < 4.78 is 20.3. The molecule has 2 heterocycles. The summed E-state index contributed by atoms with van der Waals surface area (Å²) in [5.41, 5.74) is 2.55. The Morgan fingerprint density at radius 1 is 1.31 bits per heavy atom. The summed E-state index contributed by atoms with van der Waals surface area (Å²) in [6.07, 6.45) is -0.517. The highest BCUT2D eigenvalue weighted by molar-refractivity contribution is 7.08. The lowest BCUT2D eigenvalue weighted by molar-refractivity contribution is 0.199. The van der Waals surface area contributed by atoms with Crippen LogP contribution in [-0.4, -0.2) is 21.7 Å². The van der Waals surface area contributed by atoms with E-state index in [0.717, 1.165) is 28.4 Å². The van der Waals surface area contributed by atoms with Crippen LogP contribution in [0.5, 0.6) is 10.9 Å². The van der Waals surface area contributed by atoms with Crippen molar-refractivity contribution in [1.29, 1.82) is 0 Å². The molecule has 0 fully saturated rings. The number of ether oxygens (including phenoxy) is 2. The summed E-state index contributed by atoms with van der Waals surface area (Å²) in [7, 11) is 0. The van der Waals surface area contributed by atoms with Gasteiger partial charge in [-0.1, -0.05) is 35.5 Å². The number of hydrogen-bond donors (Lipinski definition) is 1. The van der Waals surface area contributed by atoms with E-state index in [9.17, 15) is 4.79 Å². The van der Waals surface area contributed by atoms with Crippen molar-refractivity contribution in [2.45, 2.75) is 33.4 Å². The van der Waals surface area contributed by atoms with Crippen molar-refractivity contribution in [2.75, 3.05) is 0 Å². The Kier molecular flexibility index (Phi) is 5.52. The van der Waals surface area contributed by atoms with Crippen molar-refractivity contribution >= 4 is 17.6 Å². The first-order valence-corrected chi connectivity index (χ1v) is 8.88. The van der Waals surface area contributed by atoms with Crippen LogP contribution >= 0.6 is 11.5 Å². The summed E-state index contributed by atoms with van der Waals surface area (Å²) in [4.78, 5) is 11.6. The highest BCUT2D eigenvalue weighted by Gasteiger charge is 2.16. The third-order valence-corrected chi connectivity index (χ3v) is 4.12. The molecule has 1 aromatic carbocycles. The minimum absolute atomic E-state index is 0.000819. The lowest BCUT2D eigenvalue weighted by Gasteiger charge is -2.06. The largest absolute Gasteiger partial charge is 0.472 e. The number of amides is 1. The van der Waals surface area contributed by atoms with Crippen molar-refractivity contribution in [3.05, 3.63) is 47.7 Å². The molecule has 2 aromatic heterocycles. The molecule has 0 aliphatic heterocycles. The maximum Gasteiger partial charge on any atom is 0.413 e. The summed E-state index contributed by atoms with van der Waals surface area (Å²) in [6, 6.07) is 11.3. The standard InChI is InChI=1S/C18H19N3O4S/c1-11(2)19-18(22)24-16-9-15(21-26-16)23-10-14-12(3)25-20-17(14)13-7-5-4-6-8-13/h4-9,11H,10H2,1-3H3,(H,19,22). The molecule has 0 bridgehead atoms. The van der Waals surface area contributed by atoms with E-state index in [-0.39, 0.29) is 12.6 Å². The smallest absolute Gasteiger partial charge is 0.413 e. The molecular formula is C18H19N3O4S. The molecule has 0 radical (unpaired) electrons. The van der Waals surface area contributed by atoms with E-state index >= 15 is 0 Å². The van der Waals surface area contributed by atoms with Crippen LogP contribution < -0.4 is 14.8 Å². The topological polar surface area (TPSA) is 86.5 Å². The van der Waals surface area contributed by atoms with Gasteiger partial charge < -0.3 is 19.3 Å². The maximum absolute atomic E-state index is 11.6. The predicted molar refractivity (Wildman–Crippen MR) is 97.4 cm³/mol. The van der Waals surface area contributed by atoms with Gasteiger partial charge in [0.15, 0.2) is 0 Å². The molecule has 1 amide bonds. The van der Waals surface area contributed by atoms with Gasteiger partial charge in [-0.05, 0) is 20.8 Å². The summed E-state index contributed by atoms with van der Waals surface area (Å²) >= 11 is 1.05. The Labute approximate surface area is 155 Å². The molecule has 3 rings (SSSR count). The fourth-order valence-corrected chi connectivity index (χ4v) is 2.80. The van der Waals surface area contributed by atoms with E-state index in [4.69, 9.17) is 14.0 Å². The second-order valence-electron chi connectivity index (χ2n) is 5.89. The molecule has 0 aliphatic carbocycles. The number of carbonyl (C=O) groups is 1. The van der Waals surface area contributed by atoms with Crippen LogP contribution in [0.2, 0.25) is 0 Å². The zero-order valence-corrected chi connectivity index (χ0v) is 15.5. The molecular weight excluding hydrogens is 354 g/mol. The lowest BCUT2D eigenvalue weighted by Crippen LogP contribution is -2.32. The molecule has 0 aliphatic rings. The number of benzene rings is 1. The van der Waals surface area contributed by atoms with Gasteiger partial charge in [0.05, 0.1) is 11.6 Å². The van der Waals surface area contributed by atoms with Crippen molar-refractivity contribution in [3.63, 3.8) is 0 Å². The van der Waals surface area contributed by atoms with Crippen molar-refractivity contribution < 1.29 is 18.8 Å². The van der Waals surface area contributed by atoms with Crippen LogP contribution in [-0.2, 0) is 6.61 Å². The zero-order valence-electron chi connectivity index (χ0n) is 14.7. The summed E-state index contributed by atoms with van der Waals surface area (Å²) in [5.74, 6) is 1.06. The molecule has 3 aromatic rings. The van der Waals surface area contributed by atoms with Crippen molar-refractivity contribution in [2.24, 2.45) is 0 Å². The van der Waals surface area contributed by atoms with Gasteiger partial charge in [-0.3, -0.25) is 0 Å². The van der Waals surface area contributed by atoms with Gasteiger partial charge in [0.1, 0.15) is 18.1 Å². The molecule has 8 heteroatoms. The van der Waals surface area contributed by atoms with Crippen LogP contribution in [0, 0.1) is 6.92 Å². The fraction of sp³-hybridized carbons (Fsp3) is 0.278. The first-order valence-electron chi connectivity index (χ1n) is 8.11. The van der Waals surface area contributed by atoms with Crippen LogP contribution in [0.1, 0.15) is 25.2 Å². The van der Waals surface area contributed by atoms with Gasteiger partial charge in [-0.15, -0.1) is 0 Å². The van der Waals surface area contributed by atoms with Crippen LogP contribution in [0.4, 0.5) is 4.79 Å². The van der Waals surface area contributed by atoms with Gasteiger partial charge in [-0.25, -0.2) is 4.79 Å².